The van der Waals surface area contributed by atoms with Gasteiger partial charge in [0.25, 0.3) is 0 Å². The van der Waals surface area contributed by atoms with Gasteiger partial charge in [-0.1, -0.05) is 0 Å². The predicted molar refractivity (Wildman–Crippen MR) is 106 cm³/mol. The Hall–Kier alpha value is -3.67. The summed E-state index contributed by atoms with van der Waals surface area (Å²) in [6.07, 6.45) is 3.89. The quantitative estimate of drug-likeness (QED) is 0.369. The van der Waals surface area contributed by atoms with E-state index in [9.17, 15) is 9.18 Å². The van der Waals surface area contributed by atoms with E-state index in [2.05, 4.69) is 0 Å². The molecule has 29 heavy (non-hydrogen) atoms. The number of ether oxygens (including phenoxy) is 2. The first kappa shape index (κ1) is 18.7. The zero-order valence-electron chi connectivity index (χ0n) is 15.8. The number of pyridine rings is 1. The van der Waals surface area contributed by atoms with E-state index in [1.54, 1.807) is 37.4 Å². The molecular formula is C23H19FNO4+. The highest BCUT2D eigenvalue weighted by atomic mass is 19.1. The molecule has 0 spiro atoms. The van der Waals surface area contributed by atoms with Crippen LogP contribution in [0.3, 0.4) is 0 Å². The number of fused-ring (bicyclic) bond motifs is 1. The molecule has 0 saturated heterocycles. The number of rotatable bonds is 6. The molecule has 2 aromatic heterocycles. The van der Waals surface area contributed by atoms with Crippen molar-refractivity contribution < 1.29 is 22.8 Å². The number of hydrogen-bond donors (Lipinski definition) is 0. The van der Waals surface area contributed by atoms with Crippen LogP contribution in [0, 0.1) is 5.82 Å². The van der Waals surface area contributed by atoms with Gasteiger partial charge in [0.2, 0.25) is 0 Å². The number of aromatic nitrogens is 1. The van der Waals surface area contributed by atoms with E-state index >= 15 is 0 Å². The maximum atomic E-state index is 13.0. The zero-order valence-corrected chi connectivity index (χ0v) is 15.8. The lowest BCUT2D eigenvalue weighted by atomic mass is 10.2. The van der Waals surface area contributed by atoms with Gasteiger partial charge >= 0.3 is 5.63 Å². The summed E-state index contributed by atoms with van der Waals surface area (Å²) < 4.78 is 31.5. The highest BCUT2D eigenvalue weighted by molar-refractivity contribution is 5.80. The van der Waals surface area contributed by atoms with Gasteiger partial charge < -0.3 is 13.9 Å². The Morgan fingerprint density at radius 3 is 2.41 bits per heavy atom. The van der Waals surface area contributed by atoms with Gasteiger partial charge in [-0.25, -0.2) is 13.8 Å². The maximum Gasteiger partial charge on any atom is 0.336 e. The molecule has 2 aromatic carbocycles. The molecule has 4 aromatic rings. The monoisotopic (exact) mass is 392 g/mol. The molecule has 0 N–H and O–H groups in total. The topological polar surface area (TPSA) is 52.6 Å². The van der Waals surface area contributed by atoms with Crippen LogP contribution in [0.2, 0.25) is 0 Å². The normalized spacial score (nSPS) is 10.8. The summed E-state index contributed by atoms with van der Waals surface area (Å²) >= 11 is 0. The Bertz CT molecular complexity index is 1180. The van der Waals surface area contributed by atoms with Crippen molar-refractivity contribution in [2.45, 2.75) is 13.2 Å². The molecular weight excluding hydrogens is 373 g/mol. The Morgan fingerprint density at radius 1 is 0.931 bits per heavy atom. The van der Waals surface area contributed by atoms with Crippen LogP contribution in [0.5, 0.6) is 11.5 Å². The molecule has 0 aliphatic heterocycles. The molecule has 6 heteroatoms. The standard InChI is InChI=1S/C23H19FNO4/c1-27-21-12-18-4-7-23(26)29-20(18)13-22(21)28-15-17-8-10-25(11-9-17)14-16-2-5-19(24)6-3-16/h2-13H,14-15H2,1H3/q+1. The van der Waals surface area contributed by atoms with Gasteiger partial charge in [0, 0.05) is 40.8 Å². The maximum absolute atomic E-state index is 13.0. The highest BCUT2D eigenvalue weighted by Gasteiger charge is 2.10. The van der Waals surface area contributed by atoms with Gasteiger partial charge in [0.1, 0.15) is 18.0 Å². The van der Waals surface area contributed by atoms with Crippen LogP contribution in [-0.4, -0.2) is 7.11 Å². The Balaban J connectivity index is 1.47. The van der Waals surface area contributed by atoms with Gasteiger partial charge in [-0.2, -0.15) is 0 Å². The number of methoxy groups -OCH3 is 1. The number of halogens is 1. The van der Waals surface area contributed by atoms with E-state index in [4.69, 9.17) is 13.9 Å². The fourth-order valence-electron chi connectivity index (χ4n) is 3.00. The van der Waals surface area contributed by atoms with Crippen molar-refractivity contribution in [1.29, 1.82) is 0 Å². The molecule has 0 unspecified atom stereocenters. The van der Waals surface area contributed by atoms with Crippen molar-refractivity contribution in [3.63, 3.8) is 0 Å². The molecule has 146 valence electrons. The highest BCUT2D eigenvalue weighted by Crippen LogP contribution is 2.32. The predicted octanol–water partition coefficient (Wildman–Crippen LogP) is 3.86. The fraction of sp³-hybridized carbons (Fsp3) is 0.130. The van der Waals surface area contributed by atoms with Crippen molar-refractivity contribution in [2.75, 3.05) is 7.11 Å². The second-order valence-corrected chi connectivity index (χ2v) is 6.59. The first-order chi connectivity index (χ1) is 14.1. The van der Waals surface area contributed by atoms with E-state index in [1.807, 2.05) is 29.1 Å². The number of hydrogen-bond acceptors (Lipinski definition) is 4. The third kappa shape index (κ3) is 4.43. The lowest BCUT2D eigenvalue weighted by molar-refractivity contribution is -0.688. The van der Waals surface area contributed by atoms with Crippen LogP contribution in [0.1, 0.15) is 11.1 Å². The summed E-state index contributed by atoms with van der Waals surface area (Å²) in [6.45, 7) is 0.981. The van der Waals surface area contributed by atoms with E-state index in [0.29, 0.717) is 30.2 Å². The van der Waals surface area contributed by atoms with E-state index < -0.39 is 5.63 Å². The molecule has 2 heterocycles. The van der Waals surface area contributed by atoms with Gasteiger partial charge in [0.05, 0.1) is 7.11 Å². The minimum Gasteiger partial charge on any atom is -0.493 e. The van der Waals surface area contributed by atoms with Crippen molar-refractivity contribution in [3.8, 4) is 11.5 Å². The molecule has 0 atom stereocenters. The molecule has 0 aliphatic carbocycles. The van der Waals surface area contributed by atoms with Crippen LogP contribution < -0.4 is 19.7 Å². The fourth-order valence-corrected chi connectivity index (χ4v) is 3.00. The Labute approximate surface area is 166 Å². The molecule has 0 saturated carbocycles. The van der Waals surface area contributed by atoms with Crippen molar-refractivity contribution >= 4 is 11.0 Å². The summed E-state index contributed by atoms with van der Waals surface area (Å²) in [5.41, 5.74) is 2.01. The van der Waals surface area contributed by atoms with Gasteiger partial charge in [-0.05, 0) is 36.4 Å². The van der Waals surface area contributed by atoms with E-state index in [1.165, 1.54) is 18.2 Å². The van der Waals surface area contributed by atoms with Crippen molar-refractivity contribution in [2.24, 2.45) is 0 Å². The lowest BCUT2D eigenvalue weighted by Gasteiger charge is -2.11. The SMILES string of the molecule is COc1cc2ccc(=O)oc2cc1OCc1cc[n+](Cc2ccc(F)cc2)cc1. The molecule has 0 aliphatic rings. The summed E-state index contributed by atoms with van der Waals surface area (Å²) in [4.78, 5) is 11.4. The molecule has 0 amide bonds. The summed E-state index contributed by atoms with van der Waals surface area (Å²) in [5, 5.41) is 0.760. The minimum atomic E-state index is -0.414. The largest absolute Gasteiger partial charge is 0.493 e. The average molecular weight is 392 g/mol. The van der Waals surface area contributed by atoms with Crippen molar-refractivity contribution in [3.05, 3.63) is 100 Å². The molecule has 5 nitrogen and oxygen atoms in total. The molecule has 0 bridgehead atoms. The lowest BCUT2D eigenvalue weighted by Crippen LogP contribution is -2.33. The van der Waals surface area contributed by atoms with Crippen LogP contribution in [0.25, 0.3) is 11.0 Å². The summed E-state index contributed by atoms with van der Waals surface area (Å²) in [5.74, 6) is 0.820. The number of benzene rings is 2. The second kappa shape index (κ2) is 8.14. The van der Waals surface area contributed by atoms with Gasteiger partial charge in [-0.15, -0.1) is 0 Å². The Kier molecular flexibility index (Phi) is 5.24. The first-order valence-electron chi connectivity index (χ1n) is 9.08. The van der Waals surface area contributed by atoms with Crippen LogP contribution >= 0.6 is 0 Å². The van der Waals surface area contributed by atoms with Crippen LogP contribution in [0.4, 0.5) is 4.39 Å². The van der Waals surface area contributed by atoms with Crippen molar-refractivity contribution in [1.82, 2.24) is 0 Å². The van der Waals surface area contributed by atoms with Gasteiger partial charge in [-0.3, -0.25) is 0 Å². The third-order valence-electron chi connectivity index (χ3n) is 4.54. The average Bonchev–Trinajstić information content (AvgIpc) is 2.74. The van der Waals surface area contributed by atoms with Crippen LogP contribution in [0.15, 0.2) is 82.3 Å². The molecule has 0 radical (unpaired) electrons. The van der Waals surface area contributed by atoms with Crippen LogP contribution in [-0.2, 0) is 13.2 Å². The number of nitrogens with zero attached hydrogens (tertiary/aromatic N) is 1. The summed E-state index contributed by atoms with van der Waals surface area (Å²) in [7, 11) is 1.56. The minimum absolute atomic E-state index is 0.241. The zero-order chi connectivity index (χ0) is 20.2. The molecule has 4 rings (SSSR count). The van der Waals surface area contributed by atoms with E-state index in [0.717, 1.165) is 16.5 Å². The molecule has 0 fully saturated rings. The summed E-state index contributed by atoms with van der Waals surface area (Å²) in [6, 6.07) is 16.8. The van der Waals surface area contributed by atoms with Gasteiger partial charge in [0.15, 0.2) is 30.4 Å². The third-order valence-corrected chi connectivity index (χ3v) is 4.54. The Morgan fingerprint density at radius 2 is 1.69 bits per heavy atom. The van der Waals surface area contributed by atoms with E-state index in [-0.39, 0.29) is 5.82 Å². The first-order valence-corrected chi connectivity index (χ1v) is 9.08. The smallest absolute Gasteiger partial charge is 0.336 e. The second-order valence-electron chi connectivity index (χ2n) is 6.59.